The van der Waals surface area contributed by atoms with Crippen LogP contribution < -0.4 is 4.90 Å². The first-order valence-corrected chi connectivity index (χ1v) is 6.33. The molecule has 0 unspecified atom stereocenters. The highest BCUT2D eigenvalue weighted by Gasteiger charge is 2.14. The summed E-state index contributed by atoms with van der Waals surface area (Å²) in [5.74, 6) is -0.119. The number of nitrogens with zero attached hydrogens (tertiary/aromatic N) is 2. The highest BCUT2D eigenvalue weighted by molar-refractivity contribution is 9.10. The number of benzene rings is 1. The largest absolute Gasteiger partial charge is 0.310 e. The summed E-state index contributed by atoms with van der Waals surface area (Å²) < 4.78 is 0.858. The van der Waals surface area contributed by atoms with Crippen LogP contribution in [0.2, 0.25) is 0 Å². The Morgan fingerprint density at radius 2 is 1.83 bits per heavy atom. The van der Waals surface area contributed by atoms with Gasteiger partial charge in [-0.25, -0.2) is 4.98 Å². The van der Waals surface area contributed by atoms with Crippen molar-refractivity contribution in [2.45, 2.75) is 6.92 Å². The lowest BCUT2D eigenvalue weighted by atomic mass is 10.2. The number of carbonyl (C=O) groups excluding carboxylic acids is 1. The van der Waals surface area contributed by atoms with Crippen LogP contribution in [0.3, 0.4) is 0 Å². The SMILES string of the molecule is Cc1ccc(N(C)C(=O)c2ccc(Br)cn2)cc1. The van der Waals surface area contributed by atoms with Crippen LogP contribution in [-0.4, -0.2) is 17.9 Å². The molecule has 0 saturated heterocycles. The minimum atomic E-state index is -0.119. The van der Waals surface area contributed by atoms with Crippen LogP contribution >= 0.6 is 15.9 Å². The number of aryl methyl sites for hydroxylation is 1. The van der Waals surface area contributed by atoms with Gasteiger partial charge in [0.2, 0.25) is 0 Å². The van der Waals surface area contributed by atoms with E-state index in [0.717, 1.165) is 10.2 Å². The smallest absolute Gasteiger partial charge is 0.276 e. The van der Waals surface area contributed by atoms with E-state index in [9.17, 15) is 4.79 Å². The molecule has 0 saturated carbocycles. The number of anilines is 1. The maximum Gasteiger partial charge on any atom is 0.276 e. The van der Waals surface area contributed by atoms with E-state index in [4.69, 9.17) is 0 Å². The number of pyridine rings is 1. The molecule has 3 nitrogen and oxygen atoms in total. The molecule has 4 heteroatoms. The van der Waals surface area contributed by atoms with Crippen molar-refractivity contribution in [2.24, 2.45) is 0 Å². The monoisotopic (exact) mass is 304 g/mol. The Morgan fingerprint density at radius 1 is 1.17 bits per heavy atom. The van der Waals surface area contributed by atoms with E-state index in [-0.39, 0.29) is 5.91 Å². The highest BCUT2D eigenvalue weighted by Crippen LogP contribution is 2.16. The summed E-state index contributed by atoms with van der Waals surface area (Å²) in [6.07, 6.45) is 1.62. The Bertz CT molecular complexity index is 549. The molecule has 0 aliphatic rings. The molecule has 0 fully saturated rings. The van der Waals surface area contributed by atoms with Crippen molar-refractivity contribution in [1.29, 1.82) is 0 Å². The quantitative estimate of drug-likeness (QED) is 0.851. The molecule has 1 heterocycles. The Kier molecular flexibility index (Phi) is 3.77. The summed E-state index contributed by atoms with van der Waals surface area (Å²) in [5, 5.41) is 0. The maximum absolute atomic E-state index is 12.2. The normalized spacial score (nSPS) is 10.2. The maximum atomic E-state index is 12.2. The fraction of sp³-hybridized carbons (Fsp3) is 0.143. The van der Waals surface area contributed by atoms with Gasteiger partial charge in [0.05, 0.1) is 0 Å². The third-order valence-electron chi connectivity index (χ3n) is 2.67. The Labute approximate surface area is 115 Å². The summed E-state index contributed by atoms with van der Waals surface area (Å²) in [7, 11) is 1.75. The average molecular weight is 305 g/mol. The lowest BCUT2D eigenvalue weighted by molar-refractivity contribution is 0.0988. The first-order chi connectivity index (χ1) is 8.58. The number of hydrogen-bond donors (Lipinski definition) is 0. The van der Waals surface area contributed by atoms with E-state index in [0.29, 0.717) is 5.69 Å². The molecular formula is C14H13BrN2O. The second kappa shape index (κ2) is 5.31. The number of aromatic nitrogens is 1. The zero-order valence-corrected chi connectivity index (χ0v) is 11.8. The third kappa shape index (κ3) is 2.76. The molecule has 0 aliphatic heterocycles. The Hall–Kier alpha value is -1.68. The number of rotatable bonds is 2. The van der Waals surface area contributed by atoms with Crippen molar-refractivity contribution in [1.82, 2.24) is 4.98 Å². The summed E-state index contributed by atoms with van der Waals surface area (Å²) in [5.41, 5.74) is 2.46. The van der Waals surface area contributed by atoms with Crippen LogP contribution in [0.5, 0.6) is 0 Å². The van der Waals surface area contributed by atoms with Crippen molar-refractivity contribution in [3.05, 3.63) is 58.3 Å². The molecule has 18 heavy (non-hydrogen) atoms. The second-order valence-corrected chi connectivity index (χ2v) is 4.98. The average Bonchev–Trinajstić information content (AvgIpc) is 2.39. The topological polar surface area (TPSA) is 33.2 Å². The van der Waals surface area contributed by atoms with Gasteiger partial charge in [0.25, 0.3) is 5.91 Å². The predicted molar refractivity (Wildman–Crippen MR) is 75.8 cm³/mol. The van der Waals surface area contributed by atoms with Crippen molar-refractivity contribution in [3.63, 3.8) is 0 Å². The molecule has 0 spiro atoms. The number of halogens is 1. The lowest BCUT2D eigenvalue weighted by Crippen LogP contribution is -2.26. The van der Waals surface area contributed by atoms with Crippen LogP contribution in [0.1, 0.15) is 16.1 Å². The van der Waals surface area contributed by atoms with Gasteiger partial charge in [-0.3, -0.25) is 4.79 Å². The van der Waals surface area contributed by atoms with Crippen LogP contribution in [0.15, 0.2) is 47.1 Å². The van der Waals surface area contributed by atoms with Gasteiger partial charge in [0.15, 0.2) is 0 Å². The fourth-order valence-corrected chi connectivity index (χ4v) is 1.79. The van der Waals surface area contributed by atoms with Crippen LogP contribution in [0.25, 0.3) is 0 Å². The molecule has 1 aromatic carbocycles. The van der Waals surface area contributed by atoms with Gasteiger partial charge < -0.3 is 4.90 Å². The Balaban J connectivity index is 2.23. The second-order valence-electron chi connectivity index (χ2n) is 4.06. The van der Waals surface area contributed by atoms with Gasteiger partial charge in [-0.05, 0) is 47.1 Å². The van der Waals surface area contributed by atoms with Crippen molar-refractivity contribution < 1.29 is 4.79 Å². The number of carbonyl (C=O) groups is 1. The molecule has 92 valence electrons. The zero-order chi connectivity index (χ0) is 13.1. The van der Waals surface area contributed by atoms with Gasteiger partial charge in [-0.1, -0.05) is 17.7 Å². The molecule has 0 atom stereocenters. The van der Waals surface area contributed by atoms with E-state index in [2.05, 4.69) is 20.9 Å². The molecule has 1 aromatic heterocycles. The summed E-state index contributed by atoms with van der Waals surface area (Å²) in [4.78, 5) is 17.9. The zero-order valence-electron chi connectivity index (χ0n) is 10.2. The molecule has 0 aliphatic carbocycles. The first kappa shape index (κ1) is 12.8. The fourth-order valence-electron chi connectivity index (χ4n) is 1.56. The van der Waals surface area contributed by atoms with Crippen molar-refractivity contribution in [3.8, 4) is 0 Å². The first-order valence-electron chi connectivity index (χ1n) is 5.54. The van der Waals surface area contributed by atoms with Crippen LogP contribution in [0, 0.1) is 6.92 Å². The summed E-state index contributed by atoms with van der Waals surface area (Å²) in [6.45, 7) is 2.02. The minimum absolute atomic E-state index is 0.119. The van der Waals surface area contributed by atoms with E-state index in [1.54, 1.807) is 24.2 Å². The highest BCUT2D eigenvalue weighted by atomic mass is 79.9. The third-order valence-corrected chi connectivity index (χ3v) is 3.14. The van der Waals surface area contributed by atoms with Crippen molar-refractivity contribution in [2.75, 3.05) is 11.9 Å². The van der Waals surface area contributed by atoms with Gasteiger partial charge in [0, 0.05) is 23.4 Å². The predicted octanol–water partition coefficient (Wildman–Crippen LogP) is 3.43. The van der Waals surface area contributed by atoms with Gasteiger partial charge >= 0.3 is 0 Å². The Morgan fingerprint density at radius 3 is 2.39 bits per heavy atom. The van der Waals surface area contributed by atoms with E-state index < -0.39 is 0 Å². The standard InChI is InChI=1S/C14H13BrN2O/c1-10-3-6-12(7-4-10)17(2)14(18)13-8-5-11(15)9-16-13/h3-9H,1-2H3. The summed E-state index contributed by atoms with van der Waals surface area (Å²) in [6, 6.07) is 11.3. The van der Waals surface area contributed by atoms with Gasteiger partial charge in [-0.15, -0.1) is 0 Å². The van der Waals surface area contributed by atoms with E-state index in [1.807, 2.05) is 37.3 Å². The molecule has 1 amide bonds. The summed E-state index contributed by atoms with van der Waals surface area (Å²) >= 11 is 3.30. The number of hydrogen-bond acceptors (Lipinski definition) is 2. The molecule has 0 radical (unpaired) electrons. The van der Waals surface area contributed by atoms with E-state index >= 15 is 0 Å². The molecule has 0 N–H and O–H groups in total. The van der Waals surface area contributed by atoms with Crippen LogP contribution in [0.4, 0.5) is 5.69 Å². The van der Waals surface area contributed by atoms with E-state index in [1.165, 1.54) is 5.56 Å². The van der Waals surface area contributed by atoms with Gasteiger partial charge in [-0.2, -0.15) is 0 Å². The molecule has 0 bridgehead atoms. The molecular weight excluding hydrogens is 292 g/mol. The number of amides is 1. The van der Waals surface area contributed by atoms with Crippen molar-refractivity contribution >= 4 is 27.5 Å². The van der Waals surface area contributed by atoms with Crippen LogP contribution in [-0.2, 0) is 0 Å². The molecule has 2 aromatic rings. The lowest BCUT2D eigenvalue weighted by Gasteiger charge is -2.17. The molecule has 2 rings (SSSR count). The minimum Gasteiger partial charge on any atom is -0.310 e. The van der Waals surface area contributed by atoms with Gasteiger partial charge in [0.1, 0.15) is 5.69 Å².